The average Bonchev–Trinajstić information content (AvgIpc) is 3.30. The zero-order valence-electron chi connectivity index (χ0n) is 19.6. The van der Waals surface area contributed by atoms with E-state index in [1.807, 2.05) is 47.9 Å². The van der Waals surface area contributed by atoms with Crippen LogP contribution in [0.2, 0.25) is 5.02 Å². The minimum absolute atomic E-state index is 0.291. The highest BCUT2D eigenvalue weighted by Gasteiger charge is 2.24. The highest BCUT2D eigenvalue weighted by molar-refractivity contribution is 6.30. The monoisotopic (exact) mass is 468 g/mol. The number of piperidine rings is 1. The average molecular weight is 469 g/mol. The van der Waals surface area contributed by atoms with Gasteiger partial charge >= 0.3 is 5.69 Å². The van der Waals surface area contributed by atoms with Gasteiger partial charge in [0.05, 0.1) is 5.69 Å². The van der Waals surface area contributed by atoms with Gasteiger partial charge in [0.15, 0.2) is 11.2 Å². The normalized spacial score (nSPS) is 15.2. The van der Waals surface area contributed by atoms with Crippen molar-refractivity contribution >= 4 is 28.5 Å². The minimum Gasteiger partial charge on any atom is -0.302 e. The SMILES string of the molecule is Cc1ccc(Cl)cc1-n1c(C)c(C)n2c3c(=O)n(CCN4CCCCC4)c(=O)n(C)c3nc12. The number of aryl methyl sites for hydroxylation is 3. The second kappa shape index (κ2) is 8.18. The molecule has 3 aromatic heterocycles. The quantitative estimate of drug-likeness (QED) is 0.461. The van der Waals surface area contributed by atoms with Crippen LogP contribution < -0.4 is 11.2 Å². The molecule has 0 aliphatic carbocycles. The first-order chi connectivity index (χ1) is 15.8. The summed E-state index contributed by atoms with van der Waals surface area (Å²) in [6.07, 6.45) is 3.59. The van der Waals surface area contributed by atoms with E-state index in [-0.39, 0.29) is 11.2 Å². The molecule has 1 saturated heterocycles. The van der Waals surface area contributed by atoms with E-state index in [0.717, 1.165) is 35.7 Å². The largest absolute Gasteiger partial charge is 0.332 e. The predicted molar refractivity (Wildman–Crippen MR) is 131 cm³/mol. The predicted octanol–water partition coefficient (Wildman–Crippen LogP) is 3.20. The molecule has 0 unspecified atom stereocenters. The van der Waals surface area contributed by atoms with Crippen molar-refractivity contribution in [1.29, 1.82) is 0 Å². The van der Waals surface area contributed by atoms with E-state index in [1.54, 1.807) is 7.05 Å². The standard InChI is InChI=1S/C24H29ClN6O2/c1-15-8-9-18(25)14-19(15)30-16(2)17(3)31-20-21(26-23(30)31)27(4)24(33)29(22(20)32)13-12-28-10-6-5-7-11-28/h8-9,14H,5-7,10-13H2,1-4H3. The van der Waals surface area contributed by atoms with Crippen LogP contribution in [0.5, 0.6) is 0 Å². The summed E-state index contributed by atoms with van der Waals surface area (Å²) in [6, 6.07) is 5.73. The first-order valence-corrected chi connectivity index (χ1v) is 11.9. The molecular weight excluding hydrogens is 440 g/mol. The molecule has 0 radical (unpaired) electrons. The van der Waals surface area contributed by atoms with E-state index in [1.165, 1.54) is 28.4 Å². The second-order valence-electron chi connectivity index (χ2n) is 9.06. The molecule has 0 amide bonds. The van der Waals surface area contributed by atoms with Gasteiger partial charge in [-0.3, -0.25) is 22.9 Å². The lowest BCUT2D eigenvalue weighted by atomic mass is 10.1. The van der Waals surface area contributed by atoms with Gasteiger partial charge in [-0.15, -0.1) is 0 Å². The maximum atomic E-state index is 13.6. The number of hydrogen-bond donors (Lipinski definition) is 0. The van der Waals surface area contributed by atoms with Crippen LogP contribution in [0, 0.1) is 20.8 Å². The molecular formula is C24H29ClN6O2. The summed E-state index contributed by atoms with van der Waals surface area (Å²) >= 11 is 6.30. The number of halogens is 1. The van der Waals surface area contributed by atoms with Crippen molar-refractivity contribution < 1.29 is 0 Å². The number of benzene rings is 1. The van der Waals surface area contributed by atoms with E-state index >= 15 is 0 Å². The van der Waals surface area contributed by atoms with Gasteiger partial charge in [0.2, 0.25) is 5.78 Å². The van der Waals surface area contributed by atoms with Crippen LogP contribution in [0.25, 0.3) is 22.6 Å². The lowest BCUT2D eigenvalue weighted by Crippen LogP contribution is -2.43. The summed E-state index contributed by atoms with van der Waals surface area (Å²) in [5.41, 5.74) is 4.04. The lowest BCUT2D eigenvalue weighted by Gasteiger charge is -2.26. The number of fused-ring (bicyclic) bond motifs is 3. The molecule has 9 heteroatoms. The van der Waals surface area contributed by atoms with Crippen LogP contribution >= 0.6 is 11.6 Å². The number of imidazole rings is 2. The van der Waals surface area contributed by atoms with E-state index in [0.29, 0.717) is 35.1 Å². The van der Waals surface area contributed by atoms with Crippen molar-refractivity contribution in [2.45, 2.75) is 46.6 Å². The fraction of sp³-hybridized carbons (Fsp3) is 0.458. The first kappa shape index (κ1) is 22.0. The van der Waals surface area contributed by atoms with Crippen LogP contribution in [0.4, 0.5) is 0 Å². The van der Waals surface area contributed by atoms with Crippen molar-refractivity contribution in [2.75, 3.05) is 19.6 Å². The Bertz CT molecular complexity index is 1500. The van der Waals surface area contributed by atoms with Gasteiger partial charge in [-0.2, -0.15) is 4.98 Å². The summed E-state index contributed by atoms with van der Waals surface area (Å²) in [5.74, 6) is 0.603. The Morgan fingerprint density at radius 2 is 1.73 bits per heavy atom. The molecule has 0 N–H and O–H groups in total. The molecule has 5 rings (SSSR count). The van der Waals surface area contributed by atoms with Gasteiger partial charge in [-0.1, -0.05) is 24.1 Å². The highest BCUT2D eigenvalue weighted by Crippen LogP contribution is 2.28. The van der Waals surface area contributed by atoms with E-state index in [9.17, 15) is 9.59 Å². The van der Waals surface area contributed by atoms with Crippen LogP contribution in [0.3, 0.4) is 0 Å². The zero-order chi connectivity index (χ0) is 23.4. The molecule has 1 aliphatic heterocycles. The highest BCUT2D eigenvalue weighted by atomic mass is 35.5. The van der Waals surface area contributed by atoms with Crippen molar-refractivity contribution in [2.24, 2.45) is 7.05 Å². The summed E-state index contributed by atoms with van der Waals surface area (Å²) in [7, 11) is 1.69. The molecule has 174 valence electrons. The summed E-state index contributed by atoms with van der Waals surface area (Å²) in [5, 5.41) is 0.628. The maximum absolute atomic E-state index is 13.6. The van der Waals surface area contributed by atoms with E-state index in [2.05, 4.69) is 4.90 Å². The molecule has 4 heterocycles. The van der Waals surface area contributed by atoms with E-state index < -0.39 is 0 Å². The van der Waals surface area contributed by atoms with Crippen LogP contribution in [0.15, 0.2) is 27.8 Å². The number of aromatic nitrogens is 5. The Morgan fingerprint density at radius 1 is 1.00 bits per heavy atom. The molecule has 1 aliphatic rings. The van der Waals surface area contributed by atoms with Gasteiger partial charge in [0.1, 0.15) is 0 Å². The van der Waals surface area contributed by atoms with Crippen molar-refractivity contribution in [3.8, 4) is 5.69 Å². The van der Waals surface area contributed by atoms with E-state index in [4.69, 9.17) is 16.6 Å². The third kappa shape index (κ3) is 3.43. The summed E-state index contributed by atoms with van der Waals surface area (Å²) < 4.78 is 6.74. The third-order valence-electron chi connectivity index (χ3n) is 7.02. The van der Waals surface area contributed by atoms with Crippen molar-refractivity contribution in [3.05, 3.63) is 61.0 Å². The van der Waals surface area contributed by atoms with Gasteiger partial charge < -0.3 is 4.90 Å². The molecule has 1 aromatic carbocycles. The Kier molecular flexibility index (Phi) is 5.45. The smallest absolute Gasteiger partial charge is 0.302 e. The minimum atomic E-state index is -0.329. The fourth-order valence-electron chi connectivity index (χ4n) is 4.98. The third-order valence-corrected chi connectivity index (χ3v) is 7.25. The van der Waals surface area contributed by atoms with Crippen molar-refractivity contribution in [1.82, 2.24) is 28.0 Å². The second-order valence-corrected chi connectivity index (χ2v) is 9.49. The molecule has 0 saturated carbocycles. The molecule has 8 nitrogen and oxygen atoms in total. The van der Waals surface area contributed by atoms with Gasteiger partial charge in [0, 0.05) is 36.5 Å². The summed E-state index contributed by atoms with van der Waals surface area (Å²) in [6.45, 7) is 9.12. The molecule has 33 heavy (non-hydrogen) atoms. The van der Waals surface area contributed by atoms with Crippen molar-refractivity contribution in [3.63, 3.8) is 0 Å². The van der Waals surface area contributed by atoms with Crippen LogP contribution in [-0.4, -0.2) is 47.6 Å². The summed E-state index contributed by atoms with van der Waals surface area (Å²) in [4.78, 5) is 33.8. The number of nitrogens with zero attached hydrogens (tertiary/aromatic N) is 6. The molecule has 0 bridgehead atoms. The van der Waals surface area contributed by atoms with Crippen LogP contribution in [-0.2, 0) is 13.6 Å². The van der Waals surface area contributed by atoms with Gasteiger partial charge in [-0.05, 0) is 64.4 Å². The van der Waals surface area contributed by atoms with Gasteiger partial charge in [0.25, 0.3) is 5.56 Å². The van der Waals surface area contributed by atoms with Crippen LogP contribution in [0.1, 0.15) is 36.2 Å². The first-order valence-electron chi connectivity index (χ1n) is 11.5. The Labute approximate surface area is 196 Å². The number of likely N-dealkylation sites (tertiary alicyclic amines) is 1. The van der Waals surface area contributed by atoms with Gasteiger partial charge in [-0.25, -0.2) is 4.79 Å². The zero-order valence-corrected chi connectivity index (χ0v) is 20.3. The fourth-order valence-corrected chi connectivity index (χ4v) is 5.15. The topological polar surface area (TPSA) is 69.5 Å². The molecule has 0 spiro atoms. The molecule has 4 aromatic rings. The Balaban J connectivity index is 1.73. The number of rotatable bonds is 4. The lowest BCUT2D eigenvalue weighted by molar-refractivity contribution is 0.218. The molecule has 1 fully saturated rings. The Hall–Kier alpha value is -2.84. The Morgan fingerprint density at radius 3 is 2.45 bits per heavy atom. The molecule has 0 atom stereocenters. The maximum Gasteiger partial charge on any atom is 0.332 e. The number of hydrogen-bond acceptors (Lipinski definition) is 4.